The Morgan fingerprint density at radius 3 is 2.18 bits per heavy atom. The number of hydrogen-bond acceptors (Lipinski definition) is 4. The maximum absolute atomic E-state index is 13.5. The highest BCUT2D eigenvalue weighted by Gasteiger charge is 2.19. The second-order valence-corrected chi connectivity index (χ2v) is 7.72. The van der Waals surface area contributed by atoms with E-state index >= 15 is 0 Å². The van der Waals surface area contributed by atoms with Gasteiger partial charge in [-0.15, -0.1) is 0 Å². The number of benzene rings is 3. The first-order chi connectivity index (χ1) is 16.1. The summed E-state index contributed by atoms with van der Waals surface area (Å²) in [6.07, 6.45) is 0.827. The van der Waals surface area contributed by atoms with Crippen LogP contribution < -0.4 is 5.56 Å². The molecule has 0 bridgehead atoms. The molecule has 0 saturated heterocycles. The van der Waals surface area contributed by atoms with E-state index in [9.17, 15) is 9.59 Å². The zero-order chi connectivity index (χ0) is 22.8. The van der Waals surface area contributed by atoms with Crippen molar-refractivity contribution in [3.63, 3.8) is 0 Å². The topological polar surface area (TPSA) is 76.5 Å². The number of aromatic nitrogens is 3. The summed E-state index contributed by atoms with van der Waals surface area (Å²) < 4.78 is 5.98. The number of methoxy groups -OCH3 is 1. The summed E-state index contributed by atoms with van der Waals surface area (Å²) in [6, 6.07) is 29.4. The molecular formula is C27H21N3O3. The van der Waals surface area contributed by atoms with Crippen LogP contribution in [0.25, 0.3) is 28.0 Å². The van der Waals surface area contributed by atoms with Crippen LogP contribution in [0.2, 0.25) is 0 Å². The Balaban J connectivity index is 1.64. The number of nitrogens with one attached hydrogen (secondary N) is 1. The van der Waals surface area contributed by atoms with E-state index < -0.39 is 5.97 Å². The number of hydrogen-bond donors (Lipinski definition) is 1. The van der Waals surface area contributed by atoms with Gasteiger partial charge in [0.2, 0.25) is 0 Å². The molecule has 0 radical (unpaired) electrons. The maximum atomic E-state index is 13.5. The van der Waals surface area contributed by atoms with Crippen molar-refractivity contribution in [2.45, 2.75) is 6.42 Å². The Bertz CT molecular complexity index is 1490. The number of carbonyl (C=O) groups excluding carboxylic acids is 1. The van der Waals surface area contributed by atoms with Gasteiger partial charge in [-0.1, -0.05) is 84.9 Å². The second kappa shape index (κ2) is 8.59. The van der Waals surface area contributed by atoms with E-state index in [1.807, 2.05) is 60.7 Å². The monoisotopic (exact) mass is 435 g/mol. The van der Waals surface area contributed by atoms with Crippen molar-refractivity contribution >= 4 is 11.6 Å². The molecule has 3 aromatic carbocycles. The Morgan fingerprint density at radius 2 is 1.52 bits per heavy atom. The lowest BCUT2D eigenvalue weighted by Crippen LogP contribution is -2.19. The predicted molar refractivity (Wildman–Crippen MR) is 127 cm³/mol. The van der Waals surface area contributed by atoms with Crippen molar-refractivity contribution in [2.24, 2.45) is 0 Å². The standard InChI is InChI=1S/C27H21N3O3/c1-33-27(32)22-17-23-28-25(24(26(31)30(23)29-22)20-10-6-3-7-11-20)21-14-12-19(13-15-21)16-18-8-4-2-5-9-18/h2-15,17,28H,16H2,1H3. The molecule has 0 saturated carbocycles. The minimum atomic E-state index is -0.598. The van der Waals surface area contributed by atoms with Crippen molar-refractivity contribution in [1.82, 2.24) is 14.6 Å². The van der Waals surface area contributed by atoms with Gasteiger partial charge in [-0.2, -0.15) is 9.61 Å². The molecule has 162 valence electrons. The lowest BCUT2D eigenvalue weighted by atomic mass is 9.98. The SMILES string of the molecule is COC(=O)c1cc2[nH]c(-c3ccc(Cc4ccccc4)cc3)c(-c3ccccc3)c(=O)n2n1. The fourth-order valence-corrected chi connectivity index (χ4v) is 3.94. The Labute approximate surface area is 190 Å². The molecule has 1 N–H and O–H groups in total. The fourth-order valence-electron chi connectivity index (χ4n) is 3.94. The third-order valence-electron chi connectivity index (χ3n) is 5.57. The lowest BCUT2D eigenvalue weighted by molar-refractivity contribution is 0.0593. The Kier molecular flexibility index (Phi) is 5.32. The molecular weight excluding hydrogens is 414 g/mol. The molecule has 0 atom stereocenters. The molecule has 5 rings (SSSR count). The second-order valence-electron chi connectivity index (χ2n) is 7.72. The molecule has 6 heteroatoms. The van der Waals surface area contributed by atoms with Crippen LogP contribution in [0.4, 0.5) is 0 Å². The van der Waals surface area contributed by atoms with Gasteiger partial charge in [0, 0.05) is 6.07 Å². The number of fused-ring (bicyclic) bond motifs is 1. The Morgan fingerprint density at radius 1 is 0.879 bits per heavy atom. The van der Waals surface area contributed by atoms with E-state index in [-0.39, 0.29) is 11.3 Å². The van der Waals surface area contributed by atoms with Gasteiger partial charge < -0.3 is 9.72 Å². The third-order valence-corrected chi connectivity index (χ3v) is 5.57. The van der Waals surface area contributed by atoms with Gasteiger partial charge >= 0.3 is 5.97 Å². The van der Waals surface area contributed by atoms with Crippen LogP contribution in [0, 0.1) is 0 Å². The number of esters is 1. The lowest BCUT2D eigenvalue weighted by Gasteiger charge is -2.11. The third kappa shape index (κ3) is 3.94. The summed E-state index contributed by atoms with van der Waals surface area (Å²) in [7, 11) is 1.28. The minimum Gasteiger partial charge on any atom is -0.464 e. The van der Waals surface area contributed by atoms with Gasteiger partial charge in [0.1, 0.15) is 5.65 Å². The van der Waals surface area contributed by atoms with E-state index in [2.05, 4.69) is 34.3 Å². The van der Waals surface area contributed by atoms with Crippen LogP contribution in [-0.2, 0) is 11.2 Å². The summed E-state index contributed by atoms with van der Waals surface area (Å²) >= 11 is 0. The van der Waals surface area contributed by atoms with E-state index in [1.54, 1.807) is 0 Å². The average Bonchev–Trinajstić information content (AvgIpc) is 3.30. The molecule has 0 aliphatic rings. The number of rotatable bonds is 5. The summed E-state index contributed by atoms with van der Waals surface area (Å²) in [5.41, 5.74) is 5.37. The molecule has 2 aromatic heterocycles. The fraction of sp³-hybridized carbons (Fsp3) is 0.0741. The highest BCUT2D eigenvalue weighted by molar-refractivity contribution is 5.89. The van der Waals surface area contributed by atoms with Gasteiger partial charge in [-0.25, -0.2) is 4.79 Å². The summed E-state index contributed by atoms with van der Waals surface area (Å²) in [4.78, 5) is 28.8. The number of nitrogens with zero attached hydrogens (tertiary/aromatic N) is 2. The van der Waals surface area contributed by atoms with Crippen LogP contribution in [-0.4, -0.2) is 27.7 Å². The zero-order valence-electron chi connectivity index (χ0n) is 18.0. The van der Waals surface area contributed by atoms with Gasteiger partial charge in [0.15, 0.2) is 5.69 Å². The van der Waals surface area contributed by atoms with Crippen LogP contribution >= 0.6 is 0 Å². The molecule has 0 aliphatic carbocycles. The van der Waals surface area contributed by atoms with Crippen LogP contribution in [0.15, 0.2) is 95.8 Å². The highest BCUT2D eigenvalue weighted by atomic mass is 16.5. The van der Waals surface area contributed by atoms with Crippen LogP contribution in [0.3, 0.4) is 0 Å². The number of aromatic amines is 1. The van der Waals surface area contributed by atoms with Gasteiger partial charge in [0.05, 0.1) is 18.4 Å². The molecule has 0 amide bonds. The first-order valence-corrected chi connectivity index (χ1v) is 10.6. The molecule has 6 nitrogen and oxygen atoms in total. The van der Waals surface area contributed by atoms with Crippen molar-refractivity contribution in [3.8, 4) is 22.4 Å². The largest absolute Gasteiger partial charge is 0.464 e. The van der Waals surface area contributed by atoms with Crippen LogP contribution in [0.1, 0.15) is 21.6 Å². The smallest absolute Gasteiger partial charge is 0.358 e. The number of ether oxygens (including phenoxy) is 1. The summed E-state index contributed by atoms with van der Waals surface area (Å²) in [5, 5.41) is 4.16. The molecule has 0 spiro atoms. The van der Waals surface area contributed by atoms with E-state index in [1.165, 1.54) is 28.8 Å². The number of H-pyrrole nitrogens is 1. The van der Waals surface area contributed by atoms with Crippen molar-refractivity contribution < 1.29 is 9.53 Å². The average molecular weight is 435 g/mol. The summed E-state index contributed by atoms with van der Waals surface area (Å²) in [6.45, 7) is 0. The first-order valence-electron chi connectivity index (χ1n) is 10.6. The zero-order valence-corrected chi connectivity index (χ0v) is 18.0. The van der Waals surface area contributed by atoms with Gasteiger partial charge in [0.25, 0.3) is 5.56 Å². The molecule has 0 aliphatic heterocycles. The molecule has 5 aromatic rings. The quantitative estimate of drug-likeness (QED) is 0.405. The minimum absolute atomic E-state index is 0.0696. The highest BCUT2D eigenvalue weighted by Crippen LogP contribution is 2.29. The van der Waals surface area contributed by atoms with Crippen molar-refractivity contribution in [1.29, 1.82) is 0 Å². The Hall–Kier alpha value is -4.45. The maximum Gasteiger partial charge on any atom is 0.358 e. The molecule has 33 heavy (non-hydrogen) atoms. The van der Waals surface area contributed by atoms with E-state index in [4.69, 9.17) is 4.74 Å². The predicted octanol–water partition coefficient (Wildman–Crippen LogP) is 4.73. The molecule has 0 unspecified atom stereocenters. The number of carbonyl (C=O) groups is 1. The van der Waals surface area contributed by atoms with Crippen LogP contribution in [0.5, 0.6) is 0 Å². The summed E-state index contributed by atoms with van der Waals surface area (Å²) in [5.74, 6) is -0.598. The van der Waals surface area contributed by atoms with Gasteiger partial charge in [-0.3, -0.25) is 4.79 Å². The molecule has 2 heterocycles. The van der Waals surface area contributed by atoms with E-state index in [0.717, 1.165) is 17.5 Å². The van der Waals surface area contributed by atoms with Gasteiger partial charge in [-0.05, 0) is 28.7 Å². The van der Waals surface area contributed by atoms with Crippen molar-refractivity contribution in [2.75, 3.05) is 7.11 Å². The first kappa shape index (κ1) is 20.5. The molecule has 0 fully saturated rings. The normalized spacial score (nSPS) is 10.9. The van der Waals surface area contributed by atoms with Crippen molar-refractivity contribution in [3.05, 3.63) is 118 Å². The van der Waals surface area contributed by atoms with E-state index in [0.29, 0.717) is 16.9 Å².